The van der Waals surface area contributed by atoms with Crippen LogP contribution in [-0.2, 0) is 6.54 Å². The summed E-state index contributed by atoms with van der Waals surface area (Å²) in [6.45, 7) is 0.532. The zero-order valence-electron chi connectivity index (χ0n) is 9.89. The quantitative estimate of drug-likeness (QED) is 0.747. The maximum absolute atomic E-state index is 5.82. The maximum atomic E-state index is 5.82. The lowest BCUT2D eigenvalue weighted by Gasteiger charge is -2.02. The van der Waals surface area contributed by atoms with E-state index in [0.717, 1.165) is 11.2 Å². The van der Waals surface area contributed by atoms with Crippen molar-refractivity contribution < 1.29 is 0 Å². The SMILES string of the molecule is NCc1[nH]c2ccccc2c1Sc1ccccc1. The Labute approximate surface area is 110 Å². The number of para-hydroxylation sites is 1. The van der Waals surface area contributed by atoms with Crippen LogP contribution in [0.25, 0.3) is 10.9 Å². The van der Waals surface area contributed by atoms with Gasteiger partial charge in [-0.1, -0.05) is 48.2 Å². The first-order valence-corrected chi connectivity index (χ1v) is 6.72. The molecule has 18 heavy (non-hydrogen) atoms. The molecular weight excluding hydrogens is 240 g/mol. The Kier molecular flexibility index (Phi) is 3.09. The van der Waals surface area contributed by atoms with E-state index in [-0.39, 0.29) is 0 Å². The third kappa shape index (κ3) is 2.03. The smallest absolute Gasteiger partial charge is 0.0468 e. The Hall–Kier alpha value is -1.71. The molecule has 3 aromatic rings. The molecule has 0 aliphatic carbocycles. The van der Waals surface area contributed by atoms with Crippen molar-refractivity contribution in [3.63, 3.8) is 0 Å². The third-order valence-electron chi connectivity index (χ3n) is 2.90. The number of rotatable bonds is 3. The minimum Gasteiger partial charge on any atom is -0.356 e. The van der Waals surface area contributed by atoms with E-state index in [1.54, 1.807) is 11.8 Å². The van der Waals surface area contributed by atoms with Crippen LogP contribution in [0.5, 0.6) is 0 Å². The first-order valence-electron chi connectivity index (χ1n) is 5.91. The highest BCUT2D eigenvalue weighted by molar-refractivity contribution is 7.99. The van der Waals surface area contributed by atoms with Gasteiger partial charge in [0.2, 0.25) is 0 Å². The Morgan fingerprint density at radius 1 is 0.944 bits per heavy atom. The summed E-state index contributed by atoms with van der Waals surface area (Å²) in [5.74, 6) is 0. The van der Waals surface area contributed by atoms with E-state index in [1.807, 2.05) is 12.1 Å². The Balaban J connectivity index is 2.10. The number of benzene rings is 2. The van der Waals surface area contributed by atoms with Crippen LogP contribution in [0.4, 0.5) is 0 Å². The number of fused-ring (bicyclic) bond motifs is 1. The predicted octanol–water partition coefficient (Wildman–Crippen LogP) is 3.78. The molecule has 0 radical (unpaired) electrons. The molecule has 0 saturated carbocycles. The minimum absolute atomic E-state index is 0.532. The van der Waals surface area contributed by atoms with Gasteiger partial charge in [-0.2, -0.15) is 0 Å². The molecular formula is C15H14N2S. The Morgan fingerprint density at radius 3 is 2.44 bits per heavy atom. The molecule has 3 heteroatoms. The van der Waals surface area contributed by atoms with Crippen molar-refractivity contribution >= 4 is 22.7 Å². The summed E-state index contributed by atoms with van der Waals surface area (Å²) in [4.78, 5) is 5.86. The van der Waals surface area contributed by atoms with Gasteiger partial charge in [0.05, 0.1) is 0 Å². The lowest BCUT2D eigenvalue weighted by atomic mass is 10.2. The van der Waals surface area contributed by atoms with Gasteiger partial charge < -0.3 is 10.7 Å². The summed E-state index contributed by atoms with van der Waals surface area (Å²) in [5.41, 5.74) is 8.07. The zero-order valence-corrected chi connectivity index (χ0v) is 10.7. The van der Waals surface area contributed by atoms with Gasteiger partial charge in [-0.05, 0) is 18.2 Å². The van der Waals surface area contributed by atoms with Crippen molar-refractivity contribution in [1.82, 2.24) is 4.98 Å². The van der Waals surface area contributed by atoms with Gasteiger partial charge in [0.15, 0.2) is 0 Å². The van der Waals surface area contributed by atoms with Crippen LogP contribution in [-0.4, -0.2) is 4.98 Å². The highest BCUT2D eigenvalue weighted by Gasteiger charge is 2.10. The van der Waals surface area contributed by atoms with Gasteiger partial charge in [-0.15, -0.1) is 0 Å². The van der Waals surface area contributed by atoms with E-state index in [2.05, 4.69) is 47.4 Å². The van der Waals surface area contributed by atoms with E-state index in [9.17, 15) is 0 Å². The van der Waals surface area contributed by atoms with Crippen molar-refractivity contribution in [2.75, 3.05) is 0 Å². The van der Waals surface area contributed by atoms with E-state index < -0.39 is 0 Å². The van der Waals surface area contributed by atoms with Gasteiger partial charge in [0.25, 0.3) is 0 Å². The van der Waals surface area contributed by atoms with Gasteiger partial charge in [0, 0.05) is 32.9 Å². The lowest BCUT2D eigenvalue weighted by Crippen LogP contribution is -1.97. The van der Waals surface area contributed by atoms with E-state index in [4.69, 9.17) is 5.73 Å². The molecule has 0 atom stereocenters. The number of hydrogen-bond donors (Lipinski definition) is 2. The van der Waals surface area contributed by atoms with Crippen LogP contribution in [0.2, 0.25) is 0 Å². The van der Waals surface area contributed by atoms with Gasteiger partial charge in [-0.3, -0.25) is 0 Å². The summed E-state index contributed by atoms with van der Waals surface area (Å²) in [6.07, 6.45) is 0. The molecule has 1 aromatic heterocycles. The van der Waals surface area contributed by atoms with E-state index >= 15 is 0 Å². The molecule has 0 unspecified atom stereocenters. The number of aromatic amines is 1. The average molecular weight is 254 g/mol. The van der Waals surface area contributed by atoms with Gasteiger partial charge >= 0.3 is 0 Å². The maximum Gasteiger partial charge on any atom is 0.0468 e. The van der Waals surface area contributed by atoms with Crippen molar-refractivity contribution in [3.8, 4) is 0 Å². The molecule has 0 saturated heterocycles. The zero-order chi connectivity index (χ0) is 12.4. The molecule has 0 bridgehead atoms. The molecule has 2 aromatic carbocycles. The molecule has 0 fully saturated rings. The van der Waals surface area contributed by atoms with Crippen LogP contribution < -0.4 is 5.73 Å². The van der Waals surface area contributed by atoms with Crippen molar-refractivity contribution in [2.24, 2.45) is 5.73 Å². The normalized spacial score (nSPS) is 10.9. The van der Waals surface area contributed by atoms with Crippen molar-refractivity contribution in [3.05, 3.63) is 60.3 Å². The fourth-order valence-corrected chi connectivity index (χ4v) is 3.11. The second kappa shape index (κ2) is 4.88. The first-order chi connectivity index (χ1) is 8.88. The molecule has 1 heterocycles. The van der Waals surface area contributed by atoms with E-state index in [1.165, 1.54) is 15.2 Å². The van der Waals surface area contributed by atoms with Crippen LogP contribution >= 0.6 is 11.8 Å². The minimum atomic E-state index is 0.532. The van der Waals surface area contributed by atoms with Gasteiger partial charge in [-0.25, -0.2) is 0 Å². The summed E-state index contributed by atoms with van der Waals surface area (Å²) in [6, 6.07) is 18.7. The topological polar surface area (TPSA) is 41.8 Å². The first kappa shape index (κ1) is 11.4. The Bertz CT molecular complexity index is 659. The fraction of sp³-hybridized carbons (Fsp3) is 0.0667. The summed E-state index contributed by atoms with van der Waals surface area (Å²) >= 11 is 1.76. The monoisotopic (exact) mass is 254 g/mol. The second-order valence-electron chi connectivity index (χ2n) is 4.10. The molecule has 2 nitrogen and oxygen atoms in total. The number of hydrogen-bond acceptors (Lipinski definition) is 2. The van der Waals surface area contributed by atoms with Crippen LogP contribution in [0.1, 0.15) is 5.69 Å². The summed E-state index contributed by atoms with van der Waals surface area (Å²) in [5, 5.41) is 1.24. The Morgan fingerprint density at radius 2 is 1.67 bits per heavy atom. The highest BCUT2D eigenvalue weighted by Crippen LogP contribution is 2.36. The number of aromatic nitrogens is 1. The largest absolute Gasteiger partial charge is 0.356 e. The third-order valence-corrected chi connectivity index (χ3v) is 4.08. The molecule has 0 aliphatic rings. The highest BCUT2D eigenvalue weighted by atomic mass is 32.2. The molecule has 0 amide bonds. The summed E-state index contributed by atoms with van der Waals surface area (Å²) < 4.78 is 0. The molecule has 90 valence electrons. The van der Waals surface area contributed by atoms with Crippen LogP contribution in [0.15, 0.2) is 64.4 Å². The predicted molar refractivity (Wildman–Crippen MR) is 76.8 cm³/mol. The average Bonchev–Trinajstić information content (AvgIpc) is 2.78. The molecule has 0 spiro atoms. The molecule has 3 rings (SSSR count). The van der Waals surface area contributed by atoms with Gasteiger partial charge in [0.1, 0.15) is 0 Å². The fourth-order valence-electron chi connectivity index (χ4n) is 2.04. The number of nitrogens with two attached hydrogens (primary N) is 1. The molecule has 3 N–H and O–H groups in total. The van der Waals surface area contributed by atoms with E-state index in [0.29, 0.717) is 6.54 Å². The summed E-state index contributed by atoms with van der Waals surface area (Å²) in [7, 11) is 0. The van der Waals surface area contributed by atoms with Crippen LogP contribution in [0.3, 0.4) is 0 Å². The molecule has 0 aliphatic heterocycles. The number of H-pyrrole nitrogens is 1. The lowest BCUT2D eigenvalue weighted by molar-refractivity contribution is 0.985. The second-order valence-corrected chi connectivity index (χ2v) is 5.18. The standard InChI is InChI=1S/C15H14N2S/c16-10-14-15(18-11-6-2-1-3-7-11)12-8-4-5-9-13(12)17-14/h1-9,17H,10,16H2. The van der Waals surface area contributed by atoms with Crippen molar-refractivity contribution in [2.45, 2.75) is 16.3 Å². The van der Waals surface area contributed by atoms with Crippen LogP contribution in [0, 0.1) is 0 Å². The number of nitrogens with one attached hydrogen (secondary N) is 1. The van der Waals surface area contributed by atoms with Crippen molar-refractivity contribution in [1.29, 1.82) is 0 Å².